The second-order valence-corrected chi connectivity index (χ2v) is 8.81. The maximum absolute atomic E-state index is 12.6. The second kappa shape index (κ2) is 10.1. The minimum atomic E-state index is -1.03. The molecule has 0 spiro atoms. The molecule has 174 valence electrons. The summed E-state index contributed by atoms with van der Waals surface area (Å²) in [4.78, 5) is 36.3. The first-order valence-corrected chi connectivity index (χ1v) is 11.6. The highest BCUT2D eigenvalue weighted by Crippen LogP contribution is 2.44. The summed E-state index contributed by atoms with van der Waals surface area (Å²) < 4.78 is 5.58. The molecule has 2 aromatic carbocycles. The zero-order chi connectivity index (χ0) is 23.4. The van der Waals surface area contributed by atoms with Gasteiger partial charge in [0.15, 0.2) is 0 Å². The monoisotopic (exact) mass is 450 g/mol. The van der Waals surface area contributed by atoms with Crippen LogP contribution in [-0.4, -0.2) is 42.3 Å². The lowest BCUT2D eigenvalue weighted by Crippen LogP contribution is -2.45. The molecule has 33 heavy (non-hydrogen) atoms. The molecule has 7 nitrogen and oxygen atoms in total. The summed E-state index contributed by atoms with van der Waals surface area (Å²) in [5.41, 5.74) is 4.66. The van der Waals surface area contributed by atoms with E-state index in [0.717, 1.165) is 24.0 Å². The van der Waals surface area contributed by atoms with Crippen LogP contribution < -0.4 is 10.6 Å². The molecule has 1 fully saturated rings. The Labute approximate surface area is 193 Å². The number of alkyl carbamates (subject to hydrolysis) is 1. The van der Waals surface area contributed by atoms with Gasteiger partial charge in [0.2, 0.25) is 5.91 Å². The van der Waals surface area contributed by atoms with Gasteiger partial charge in [-0.2, -0.15) is 0 Å². The third-order valence-electron chi connectivity index (χ3n) is 6.87. The molecule has 0 bridgehead atoms. The van der Waals surface area contributed by atoms with Gasteiger partial charge in [0.25, 0.3) is 0 Å². The van der Waals surface area contributed by atoms with Crippen LogP contribution in [0, 0.1) is 11.8 Å². The Morgan fingerprint density at radius 3 is 2.27 bits per heavy atom. The number of carbonyl (C=O) groups is 3. The summed E-state index contributed by atoms with van der Waals surface area (Å²) in [6, 6.07) is 15.5. The Hall–Kier alpha value is -3.35. The third kappa shape index (κ3) is 4.87. The molecule has 2 aliphatic rings. The van der Waals surface area contributed by atoms with Crippen molar-refractivity contribution in [1.29, 1.82) is 0 Å². The molecule has 0 heterocycles. The molecular weight excluding hydrogens is 420 g/mol. The molecule has 0 aliphatic heterocycles. The van der Waals surface area contributed by atoms with Crippen LogP contribution in [0.5, 0.6) is 0 Å². The van der Waals surface area contributed by atoms with E-state index in [1.165, 1.54) is 11.1 Å². The number of fused-ring (bicyclic) bond motifs is 3. The summed E-state index contributed by atoms with van der Waals surface area (Å²) in [5, 5.41) is 14.6. The Bertz CT molecular complexity index is 991. The van der Waals surface area contributed by atoms with Gasteiger partial charge in [-0.1, -0.05) is 61.9 Å². The van der Waals surface area contributed by atoms with Crippen molar-refractivity contribution in [3.8, 4) is 11.1 Å². The van der Waals surface area contributed by atoms with Crippen molar-refractivity contribution < 1.29 is 24.2 Å². The second-order valence-electron chi connectivity index (χ2n) is 8.81. The van der Waals surface area contributed by atoms with Gasteiger partial charge in [-0.05, 0) is 47.4 Å². The zero-order valence-corrected chi connectivity index (χ0v) is 18.8. The Balaban J connectivity index is 1.31. The van der Waals surface area contributed by atoms with E-state index in [4.69, 9.17) is 4.74 Å². The third-order valence-corrected chi connectivity index (χ3v) is 6.87. The van der Waals surface area contributed by atoms with E-state index in [2.05, 4.69) is 34.9 Å². The van der Waals surface area contributed by atoms with Crippen molar-refractivity contribution in [1.82, 2.24) is 10.6 Å². The fourth-order valence-corrected chi connectivity index (χ4v) is 5.11. The number of rotatable bonds is 8. The maximum Gasteiger partial charge on any atom is 0.407 e. The number of amides is 2. The summed E-state index contributed by atoms with van der Waals surface area (Å²) in [7, 11) is 0. The van der Waals surface area contributed by atoms with Crippen LogP contribution in [0.1, 0.15) is 49.7 Å². The van der Waals surface area contributed by atoms with Crippen molar-refractivity contribution in [3.63, 3.8) is 0 Å². The molecule has 2 aliphatic carbocycles. The van der Waals surface area contributed by atoms with E-state index in [0.29, 0.717) is 19.4 Å². The van der Waals surface area contributed by atoms with E-state index >= 15 is 0 Å². The Morgan fingerprint density at radius 1 is 1.03 bits per heavy atom. The van der Waals surface area contributed by atoms with Gasteiger partial charge in [-0.25, -0.2) is 9.59 Å². The van der Waals surface area contributed by atoms with Gasteiger partial charge in [0.05, 0.1) is 0 Å². The van der Waals surface area contributed by atoms with Crippen molar-refractivity contribution in [2.75, 3.05) is 13.2 Å². The lowest BCUT2D eigenvalue weighted by atomic mass is 9.94. The molecule has 7 heteroatoms. The normalized spacial score (nSPS) is 19.9. The van der Waals surface area contributed by atoms with E-state index in [-0.39, 0.29) is 30.3 Å². The smallest absolute Gasteiger partial charge is 0.407 e. The zero-order valence-electron chi connectivity index (χ0n) is 18.8. The first kappa shape index (κ1) is 22.8. The van der Waals surface area contributed by atoms with Crippen LogP contribution in [0.25, 0.3) is 11.1 Å². The first-order valence-electron chi connectivity index (χ1n) is 11.6. The lowest BCUT2D eigenvalue weighted by Gasteiger charge is -2.22. The molecule has 3 N–H and O–H groups in total. The molecule has 2 amide bonds. The predicted octanol–water partition coefficient (Wildman–Crippen LogP) is 3.92. The number of hydrogen-bond acceptors (Lipinski definition) is 4. The van der Waals surface area contributed by atoms with E-state index in [1.54, 1.807) is 6.92 Å². The van der Waals surface area contributed by atoms with Gasteiger partial charge in [-0.15, -0.1) is 0 Å². The van der Waals surface area contributed by atoms with Crippen LogP contribution in [-0.2, 0) is 14.3 Å². The van der Waals surface area contributed by atoms with Crippen LogP contribution in [0.15, 0.2) is 48.5 Å². The standard InChI is InChI=1S/C26H30N2O5/c1-2-23(25(30)31)28-24(29)17-13-7-8-16(17)14-27-26(32)33-15-22-20-11-5-3-9-18(20)19-10-4-6-12-21(19)22/h3-6,9-12,16-17,22-23H,2,7-8,13-15H2,1H3,(H,27,32)(H,28,29)(H,30,31)/t16-,17-,23?/m0/s1. The van der Waals surface area contributed by atoms with Crippen LogP contribution in [0.3, 0.4) is 0 Å². The highest BCUT2D eigenvalue weighted by Gasteiger charge is 2.35. The number of benzene rings is 2. The number of ether oxygens (including phenoxy) is 1. The van der Waals surface area contributed by atoms with Crippen molar-refractivity contribution >= 4 is 18.0 Å². The van der Waals surface area contributed by atoms with Gasteiger partial charge in [0.1, 0.15) is 12.6 Å². The van der Waals surface area contributed by atoms with Crippen molar-refractivity contribution in [3.05, 3.63) is 59.7 Å². The summed E-state index contributed by atoms with van der Waals surface area (Å²) in [6.45, 7) is 2.30. The van der Waals surface area contributed by atoms with E-state index in [9.17, 15) is 19.5 Å². The van der Waals surface area contributed by atoms with Crippen molar-refractivity contribution in [2.24, 2.45) is 11.8 Å². The van der Waals surface area contributed by atoms with Crippen LogP contribution >= 0.6 is 0 Å². The molecule has 0 aromatic heterocycles. The largest absolute Gasteiger partial charge is 0.480 e. The van der Waals surface area contributed by atoms with Crippen LogP contribution in [0.4, 0.5) is 4.79 Å². The molecule has 1 saturated carbocycles. The maximum atomic E-state index is 12.6. The summed E-state index contributed by atoms with van der Waals surface area (Å²) in [5.74, 6) is -1.61. The molecule has 1 unspecified atom stereocenters. The van der Waals surface area contributed by atoms with Gasteiger partial charge >= 0.3 is 12.1 Å². The highest BCUT2D eigenvalue weighted by atomic mass is 16.5. The summed E-state index contributed by atoms with van der Waals surface area (Å²) in [6.07, 6.45) is 2.21. The SMILES string of the molecule is CCC(NC(=O)[C@H]1CCC[C@H]1CNC(=O)OCC1c2ccccc2-c2ccccc21)C(=O)O. The predicted molar refractivity (Wildman–Crippen MR) is 124 cm³/mol. The number of carboxylic acids is 1. The van der Waals surface area contributed by atoms with Gasteiger partial charge < -0.3 is 20.5 Å². The lowest BCUT2D eigenvalue weighted by molar-refractivity contribution is -0.142. The van der Waals surface area contributed by atoms with Crippen LogP contribution in [0.2, 0.25) is 0 Å². The molecule has 4 rings (SSSR count). The Kier molecular flexibility index (Phi) is 6.96. The Morgan fingerprint density at radius 2 is 1.67 bits per heavy atom. The minimum absolute atomic E-state index is 0.00449. The fourth-order valence-electron chi connectivity index (χ4n) is 5.11. The van der Waals surface area contributed by atoms with E-state index in [1.807, 2.05) is 24.3 Å². The topological polar surface area (TPSA) is 105 Å². The summed E-state index contributed by atoms with van der Waals surface area (Å²) >= 11 is 0. The van der Waals surface area contributed by atoms with Gasteiger partial charge in [0, 0.05) is 18.4 Å². The number of carboxylic acid groups (broad SMARTS) is 1. The number of aliphatic carboxylic acids is 1. The fraction of sp³-hybridized carbons (Fsp3) is 0.423. The average molecular weight is 451 g/mol. The average Bonchev–Trinajstić information content (AvgIpc) is 3.42. The molecule has 2 aromatic rings. The van der Waals surface area contributed by atoms with Gasteiger partial charge in [-0.3, -0.25) is 4.79 Å². The molecule has 0 radical (unpaired) electrons. The van der Waals surface area contributed by atoms with Crippen molar-refractivity contribution in [2.45, 2.75) is 44.6 Å². The number of carbonyl (C=O) groups excluding carboxylic acids is 2. The highest BCUT2D eigenvalue weighted by molar-refractivity contribution is 5.85. The van der Waals surface area contributed by atoms with E-state index < -0.39 is 18.1 Å². The number of nitrogens with one attached hydrogen (secondary N) is 2. The first-order chi connectivity index (χ1) is 16.0. The molecule has 0 saturated heterocycles. The quantitative estimate of drug-likeness (QED) is 0.565. The minimum Gasteiger partial charge on any atom is -0.480 e. The molecular formula is C26H30N2O5. The number of hydrogen-bond donors (Lipinski definition) is 3. The molecule has 3 atom stereocenters.